The highest BCUT2D eigenvalue weighted by molar-refractivity contribution is 6.09. The SMILES string of the molecule is C#CC(=O)c1cn(C)nc1C. The highest BCUT2D eigenvalue weighted by Gasteiger charge is 2.08. The van der Waals surface area contributed by atoms with Crippen LogP contribution in [0.1, 0.15) is 16.1 Å². The fraction of sp³-hybridized carbons (Fsp3) is 0.250. The number of hydrogen-bond acceptors (Lipinski definition) is 2. The van der Waals surface area contributed by atoms with Gasteiger partial charge in [0.15, 0.2) is 0 Å². The van der Waals surface area contributed by atoms with Gasteiger partial charge in [0.2, 0.25) is 5.78 Å². The first-order valence-corrected chi connectivity index (χ1v) is 3.16. The Morgan fingerprint density at radius 1 is 1.82 bits per heavy atom. The molecule has 0 aliphatic heterocycles. The van der Waals surface area contributed by atoms with Crippen molar-refractivity contribution in [1.29, 1.82) is 0 Å². The van der Waals surface area contributed by atoms with Gasteiger partial charge >= 0.3 is 0 Å². The number of aromatic nitrogens is 2. The number of hydrogen-bond donors (Lipinski definition) is 0. The van der Waals surface area contributed by atoms with Gasteiger partial charge < -0.3 is 0 Å². The second-order valence-electron chi connectivity index (χ2n) is 2.28. The van der Waals surface area contributed by atoms with Crippen molar-refractivity contribution in [1.82, 2.24) is 9.78 Å². The molecule has 0 unspecified atom stereocenters. The van der Waals surface area contributed by atoms with E-state index in [9.17, 15) is 4.79 Å². The average Bonchev–Trinajstić information content (AvgIpc) is 2.28. The number of Topliss-reactive ketones (excluding diaryl/α,β-unsaturated/α-hetero) is 1. The van der Waals surface area contributed by atoms with E-state index in [2.05, 4.69) is 5.10 Å². The lowest BCUT2D eigenvalue weighted by atomic mass is 10.2. The van der Waals surface area contributed by atoms with E-state index in [1.54, 1.807) is 24.9 Å². The third-order valence-corrected chi connectivity index (χ3v) is 1.39. The van der Waals surface area contributed by atoms with Crippen LogP contribution >= 0.6 is 0 Å². The Morgan fingerprint density at radius 2 is 2.45 bits per heavy atom. The number of rotatable bonds is 1. The molecule has 0 N–H and O–H groups in total. The lowest BCUT2D eigenvalue weighted by Gasteiger charge is -1.84. The van der Waals surface area contributed by atoms with Crippen molar-refractivity contribution in [3.05, 3.63) is 17.5 Å². The molecule has 56 valence electrons. The molecule has 0 aliphatic rings. The summed E-state index contributed by atoms with van der Waals surface area (Å²) in [7, 11) is 1.75. The van der Waals surface area contributed by atoms with E-state index in [-0.39, 0.29) is 5.78 Å². The number of aryl methyl sites for hydroxylation is 2. The van der Waals surface area contributed by atoms with Crippen LogP contribution in [-0.4, -0.2) is 15.6 Å². The summed E-state index contributed by atoms with van der Waals surface area (Å²) in [6.45, 7) is 1.75. The van der Waals surface area contributed by atoms with Gasteiger partial charge in [0, 0.05) is 13.2 Å². The van der Waals surface area contributed by atoms with E-state index in [1.807, 2.05) is 5.92 Å². The molecule has 0 bridgehead atoms. The number of carbonyl (C=O) groups excluding carboxylic acids is 1. The zero-order valence-electron chi connectivity index (χ0n) is 6.46. The predicted octanol–water partition coefficient (Wildman–Crippen LogP) is 0.544. The maximum atomic E-state index is 11.0. The van der Waals surface area contributed by atoms with Crippen LogP contribution in [0.2, 0.25) is 0 Å². The second kappa shape index (κ2) is 2.59. The van der Waals surface area contributed by atoms with Gasteiger partial charge in [-0.3, -0.25) is 9.48 Å². The summed E-state index contributed by atoms with van der Waals surface area (Å²) in [6, 6.07) is 0. The summed E-state index contributed by atoms with van der Waals surface area (Å²) in [5.41, 5.74) is 1.19. The molecular weight excluding hydrogens is 140 g/mol. The van der Waals surface area contributed by atoms with E-state index >= 15 is 0 Å². The van der Waals surface area contributed by atoms with Crippen molar-refractivity contribution >= 4 is 5.78 Å². The van der Waals surface area contributed by atoms with Gasteiger partial charge in [-0.1, -0.05) is 0 Å². The minimum Gasteiger partial charge on any atom is -0.279 e. The van der Waals surface area contributed by atoms with Gasteiger partial charge in [-0.15, -0.1) is 6.42 Å². The molecule has 0 amide bonds. The smallest absolute Gasteiger partial charge is 0.239 e. The first-order valence-electron chi connectivity index (χ1n) is 3.16. The van der Waals surface area contributed by atoms with E-state index in [1.165, 1.54) is 0 Å². The zero-order chi connectivity index (χ0) is 8.43. The van der Waals surface area contributed by atoms with Crippen molar-refractivity contribution in [2.75, 3.05) is 0 Å². The Morgan fingerprint density at radius 3 is 2.82 bits per heavy atom. The van der Waals surface area contributed by atoms with E-state index in [0.29, 0.717) is 11.3 Å². The zero-order valence-corrected chi connectivity index (χ0v) is 6.46. The van der Waals surface area contributed by atoms with Crippen LogP contribution in [0.4, 0.5) is 0 Å². The van der Waals surface area contributed by atoms with Gasteiger partial charge in [0.25, 0.3) is 0 Å². The Kier molecular flexibility index (Phi) is 1.77. The van der Waals surface area contributed by atoms with Gasteiger partial charge in [-0.25, -0.2) is 0 Å². The van der Waals surface area contributed by atoms with Gasteiger partial charge in [0.1, 0.15) is 0 Å². The lowest BCUT2D eigenvalue weighted by molar-refractivity contribution is 0.105. The van der Waals surface area contributed by atoms with E-state index in [0.717, 1.165) is 0 Å². The predicted molar refractivity (Wildman–Crippen MR) is 41.1 cm³/mol. The third-order valence-electron chi connectivity index (χ3n) is 1.39. The maximum absolute atomic E-state index is 11.0. The molecule has 1 aromatic heterocycles. The Bertz CT molecular complexity index is 330. The minimum atomic E-state index is -0.310. The van der Waals surface area contributed by atoms with Crippen LogP contribution in [0.3, 0.4) is 0 Å². The van der Waals surface area contributed by atoms with Crippen LogP contribution in [0.25, 0.3) is 0 Å². The van der Waals surface area contributed by atoms with Crippen molar-refractivity contribution in [3.8, 4) is 12.3 Å². The highest BCUT2D eigenvalue weighted by Crippen LogP contribution is 2.04. The van der Waals surface area contributed by atoms with Crippen LogP contribution in [0.5, 0.6) is 0 Å². The minimum absolute atomic E-state index is 0.310. The molecule has 0 aromatic carbocycles. The summed E-state index contributed by atoms with van der Waals surface area (Å²) in [5.74, 6) is 1.73. The van der Waals surface area contributed by atoms with Gasteiger partial charge in [0.05, 0.1) is 11.3 Å². The average molecular weight is 148 g/mol. The summed E-state index contributed by atoms with van der Waals surface area (Å²) in [4.78, 5) is 11.0. The summed E-state index contributed by atoms with van der Waals surface area (Å²) >= 11 is 0. The topological polar surface area (TPSA) is 34.9 Å². The van der Waals surface area contributed by atoms with Gasteiger partial charge in [-0.2, -0.15) is 5.10 Å². The Balaban J connectivity index is 3.15. The summed E-state index contributed by atoms with van der Waals surface area (Å²) < 4.78 is 1.57. The van der Waals surface area contributed by atoms with Crippen LogP contribution < -0.4 is 0 Å². The van der Waals surface area contributed by atoms with Crippen molar-refractivity contribution in [3.63, 3.8) is 0 Å². The largest absolute Gasteiger partial charge is 0.279 e. The van der Waals surface area contributed by atoms with Gasteiger partial charge in [-0.05, 0) is 12.8 Å². The number of carbonyl (C=O) groups is 1. The molecule has 1 rings (SSSR count). The van der Waals surface area contributed by atoms with Crippen molar-refractivity contribution < 1.29 is 4.79 Å². The van der Waals surface area contributed by atoms with Crippen LogP contribution in [0, 0.1) is 19.3 Å². The molecule has 1 aromatic rings. The fourth-order valence-electron chi connectivity index (χ4n) is 0.900. The maximum Gasteiger partial charge on any atom is 0.239 e. The first-order chi connectivity index (χ1) is 5.15. The first kappa shape index (κ1) is 7.55. The molecule has 0 fully saturated rings. The molecule has 0 saturated carbocycles. The molecule has 11 heavy (non-hydrogen) atoms. The number of ketones is 1. The van der Waals surface area contributed by atoms with Crippen LogP contribution in [-0.2, 0) is 7.05 Å². The van der Waals surface area contributed by atoms with E-state index in [4.69, 9.17) is 6.42 Å². The monoisotopic (exact) mass is 148 g/mol. The molecule has 0 atom stereocenters. The number of terminal acetylenes is 1. The number of nitrogens with zero attached hydrogens (tertiary/aromatic N) is 2. The normalized spacial score (nSPS) is 9.18. The van der Waals surface area contributed by atoms with Crippen molar-refractivity contribution in [2.24, 2.45) is 7.05 Å². The molecule has 0 radical (unpaired) electrons. The summed E-state index contributed by atoms with van der Waals surface area (Å²) in [5, 5.41) is 3.98. The standard InChI is InChI=1S/C8H8N2O/c1-4-8(11)7-5-10(3)9-6(7)2/h1,5H,2-3H3. The highest BCUT2D eigenvalue weighted by atomic mass is 16.1. The quantitative estimate of drug-likeness (QED) is 0.331. The fourth-order valence-corrected chi connectivity index (χ4v) is 0.900. The Hall–Kier alpha value is -1.56. The molecule has 3 heteroatoms. The molecule has 1 heterocycles. The van der Waals surface area contributed by atoms with Crippen LogP contribution in [0.15, 0.2) is 6.20 Å². The molecule has 0 aliphatic carbocycles. The second-order valence-corrected chi connectivity index (χ2v) is 2.28. The van der Waals surface area contributed by atoms with Crippen molar-refractivity contribution in [2.45, 2.75) is 6.92 Å². The molecule has 0 saturated heterocycles. The molecular formula is C8H8N2O. The summed E-state index contributed by atoms with van der Waals surface area (Å²) in [6.07, 6.45) is 6.57. The molecule has 0 spiro atoms. The van der Waals surface area contributed by atoms with E-state index < -0.39 is 0 Å². The molecule has 3 nitrogen and oxygen atoms in total. The lowest BCUT2D eigenvalue weighted by Crippen LogP contribution is -1.94. The third kappa shape index (κ3) is 1.30. The Labute approximate surface area is 65.0 Å².